The van der Waals surface area contributed by atoms with E-state index in [1.54, 1.807) is 6.08 Å². The van der Waals surface area contributed by atoms with Crippen LogP contribution in [0.4, 0.5) is 0 Å². The maximum atomic E-state index is 5.17. The number of rotatable bonds is 2. The summed E-state index contributed by atoms with van der Waals surface area (Å²) in [5, 5.41) is 0. The molecule has 0 unspecified atom stereocenters. The smallest absolute Gasteiger partial charge is 0.230 e. The summed E-state index contributed by atoms with van der Waals surface area (Å²) in [4.78, 5) is 0. The van der Waals surface area contributed by atoms with Crippen molar-refractivity contribution in [1.82, 2.24) is 0 Å². The zero-order chi connectivity index (χ0) is 10.3. The van der Waals surface area contributed by atoms with Gasteiger partial charge in [0.15, 0.2) is 5.76 Å². The second-order valence-electron chi connectivity index (χ2n) is 2.42. The minimum Gasteiger partial charge on any atom is -0.458 e. The van der Waals surface area contributed by atoms with Crippen molar-refractivity contribution in [3.8, 4) is 0 Å². The Balaban J connectivity index is 0.000000671. The molecule has 0 atom stereocenters. The molecule has 0 spiro atoms. The molecular weight excluding hydrogens is 164 g/mol. The van der Waals surface area contributed by atoms with Crippen LogP contribution < -0.4 is 0 Å². The molecule has 0 radical (unpaired) electrons. The predicted molar refractivity (Wildman–Crippen MR) is 55.0 cm³/mol. The van der Waals surface area contributed by atoms with Gasteiger partial charge in [0.25, 0.3) is 0 Å². The minimum atomic E-state index is 0.335. The van der Waals surface area contributed by atoms with Crippen molar-refractivity contribution >= 4 is 0 Å². The SMILES string of the molecule is C=C/C(C)=C\C1=C(C)OCO1.CC. The molecule has 74 valence electrons. The maximum absolute atomic E-state index is 5.17. The molecule has 1 heterocycles. The molecular formula is C11H18O2. The fourth-order valence-electron chi connectivity index (χ4n) is 0.763. The molecule has 0 aromatic rings. The summed E-state index contributed by atoms with van der Waals surface area (Å²) in [7, 11) is 0. The van der Waals surface area contributed by atoms with Crippen LogP contribution in [0.3, 0.4) is 0 Å². The first-order chi connectivity index (χ1) is 6.24. The average molecular weight is 182 g/mol. The second kappa shape index (κ2) is 6.35. The van der Waals surface area contributed by atoms with Gasteiger partial charge in [-0.25, -0.2) is 0 Å². The quantitative estimate of drug-likeness (QED) is 0.609. The van der Waals surface area contributed by atoms with Crippen LogP contribution in [0.1, 0.15) is 27.7 Å². The van der Waals surface area contributed by atoms with Crippen molar-refractivity contribution in [3.63, 3.8) is 0 Å². The Kier molecular flexibility index (Phi) is 5.77. The van der Waals surface area contributed by atoms with Gasteiger partial charge < -0.3 is 9.47 Å². The summed E-state index contributed by atoms with van der Waals surface area (Å²) < 4.78 is 10.3. The fourth-order valence-corrected chi connectivity index (χ4v) is 0.763. The molecule has 1 aliphatic heterocycles. The first kappa shape index (κ1) is 11.8. The van der Waals surface area contributed by atoms with Gasteiger partial charge in [0.1, 0.15) is 5.76 Å². The molecule has 0 amide bonds. The van der Waals surface area contributed by atoms with Gasteiger partial charge in [-0.15, -0.1) is 0 Å². The maximum Gasteiger partial charge on any atom is 0.230 e. The normalized spacial score (nSPS) is 15.5. The van der Waals surface area contributed by atoms with Crippen molar-refractivity contribution in [2.24, 2.45) is 0 Å². The van der Waals surface area contributed by atoms with E-state index in [2.05, 4.69) is 6.58 Å². The van der Waals surface area contributed by atoms with E-state index in [0.29, 0.717) is 6.79 Å². The van der Waals surface area contributed by atoms with Crippen LogP contribution in [0.2, 0.25) is 0 Å². The molecule has 1 aliphatic rings. The summed E-state index contributed by atoms with van der Waals surface area (Å²) in [6, 6.07) is 0. The molecule has 13 heavy (non-hydrogen) atoms. The van der Waals surface area contributed by atoms with E-state index in [9.17, 15) is 0 Å². The van der Waals surface area contributed by atoms with Crippen LogP contribution in [-0.4, -0.2) is 6.79 Å². The van der Waals surface area contributed by atoms with Gasteiger partial charge in [0.2, 0.25) is 6.79 Å². The molecule has 1 rings (SSSR count). The number of ether oxygens (including phenoxy) is 2. The van der Waals surface area contributed by atoms with Gasteiger partial charge >= 0.3 is 0 Å². The van der Waals surface area contributed by atoms with Crippen LogP contribution in [0.25, 0.3) is 0 Å². The number of allylic oxidation sites excluding steroid dienone is 4. The summed E-state index contributed by atoms with van der Waals surface area (Å²) in [6.45, 7) is 11.8. The van der Waals surface area contributed by atoms with E-state index in [-0.39, 0.29) is 0 Å². The molecule has 2 nitrogen and oxygen atoms in total. The van der Waals surface area contributed by atoms with Gasteiger partial charge in [-0.1, -0.05) is 26.5 Å². The highest BCUT2D eigenvalue weighted by Gasteiger charge is 2.09. The highest BCUT2D eigenvalue weighted by Crippen LogP contribution is 2.17. The second-order valence-corrected chi connectivity index (χ2v) is 2.42. The lowest BCUT2D eigenvalue weighted by atomic mass is 10.2. The van der Waals surface area contributed by atoms with Crippen molar-refractivity contribution in [2.75, 3.05) is 6.79 Å². The van der Waals surface area contributed by atoms with Crippen molar-refractivity contribution in [1.29, 1.82) is 0 Å². The van der Waals surface area contributed by atoms with Gasteiger partial charge in [-0.2, -0.15) is 0 Å². The first-order valence-corrected chi connectivity index (χ1v) is 4.51. The molecule has 0 aromatic carbocycles. The molecule has 0 fully saturated rings. The van der Waals surface area contributed by atoms with E-state index in [0.717, 1.165) is 17.1 Å². The molecule has 0 N–H and O–H groups in total. The largest absolute Gasteiger partial charge is 0.458 e. The van der Waals surface area contributed by atoms with Crippen LogP contribution in [0.15, 0.2) is 35.8 Å². The van der Waals surface area contributed by atoms with Gasteiger partial charge in [0.05, 0.1) is 0 Å². The Morgan fingerprint density at radius 3 is 2.38 bits per heavy atom. The van der Waals surface area contributed by atoms with E-state index in [1.165, 1.54) is 0 Å². The van der Waals surface area contributed by atoms with Crippen molar-refractivity contribution in [3.05, 3.63) is 35.8 Å². The Labute approximate surface area is 80.5 Å². The number of hydrogen-bond donors (Lipinski definition) is 0. The fraction of sp³-hybridized carbons (Fsp3) is 0.455. The lowest BCUT2D eigenvalue weighted by molar-refractivity contribution is 0.0749. The third-order valence-electron chi connectivity index (χ3n) is 1.52. The standard InChI is InChI=1S/C9H12O2.C2H6/c1-4-7(2)5-9-8(3)10-6-11-9;1-2/h4-5H,1,6H2,2-3H3;1-2H3/b7-5-;. The van der Waals surface area contributed by atoms with Crippen molar-refractivity contribution in [2.45, 2.75) is 27.7 Å². The number of hydrogen-bond acceptors (Lipinski definition) is 2. The average Bonchev–Trinajstić information content (AvgIpc) is 2.55. The molecule has 0 aliphatic carbocycles. The summed E-state index contributed by atoms with van der Waals surface area (Å²) in [5.41, 5.74) is 1.07. The van der Waals surface area contributed by atoms with Gasteiger partial charge in [-0.05, 0) is 25.5 Å². The van der Waals surface area contributed by atoms with Crippen molar-refractivity contribution < 1.29 is 9.47 Å². The van der Waals surface area contributed by atoms with Gasteiger partial charge in [0, 0.05) is 0 Å². The molecule has 0 saturated heterocycles. The molecule has 0 saturated carbocycles. The Morgan fingerprint density at radius 1 is 1.38 bits per heavy atom. The van der Waals surface area contributed by atoms with Crippen LogP contribution in [0, 0.1) is 0 Å². The third-order valence-corrected chi connectivity index (χ3v) is 1.52. The third kappa shape index (κ3) is 3.83. The van der Waals surface area contributed by atoms with E-state index >= 15 is 0 Å². The van der Waals surface area contributed by atoms with E-state index < -0.39 is 0 Å². The Hall–Kier alpha value is -1.18. The summed E-state index contributed by atoms with van der Waals surface area (Å²) in [5.74, 6) is 1.65. The minimum absolute atomic E-state index is 0.335. The Bertz CT molecular complexity index is 224. The van der Waals surface area contributed by atoms with Crippen LogP contribution >= 0.6 is 0 Å². The predicted octanol–water partition coefficient (Wildman–Crippen LogP) is 3.38. The summed E-state index contributed by atoms with van der Waals surface area (Å²) in [6.07, 6.45) is 3.69. The molecule has 2 heteroatoms. The topological polar surface area (TPSA) is 18.5 Å². The zero-order valence-electron chi connectivity index (χ0n) is 8.89. The molecule has 0 aromatic heterocycles. The Morgan fingerprint density at radius 2 is 2.00 bits per heavy atom. The molecule has 0 bridgehead atoms. The summed E-state index contributed by atoms with van der Waals surface area (Å²) >= 11 is 0. The zero-order valence-corrected chi connectivity index (χ0v) is 8.89. The highest BCUT2D eigenvalue weighted by atomic mass is 16.7. The van der Waals surface area contributed by atoms with E-state index in [1.807, 2.05) is 33.8 Å². The monoisotopic (exact) mass is 182 g/mol. The first-order valence-electron chi connectivity index (χ1n) is 4.51. The lowest BCUT2D eigenvalue weighted by Crippen LogP contribution is -1.82. The lowest BCUT2D eigenvalue weighted by Gasteiger charge is -1.94. The van der Waals surface area contributed by atoms with Crippen LogP contribution in [0.5, 0.6) is 0 Å². The van der Waals surface area contributed by atoms with Gasteiger partial charge in [-0.3, -0.25) is 0 Å². The highest BCUT2D eigenvalue weighted by molar-refractivity contribution is 5.26. The van der Waals surface area contributed by atoms with Crippen LogP contribution in [-0.2, 0) is 9.47 Å². The van der Waals surface area contributed by atoms with E-state index in [4.69, 9.17) is 9.47 Å².